The molecule has 1 fully saturated rings. The van der Waals surface area contributed by atoms with Gasteiger partial charge in [-0.25, -0.2) is 0 Å². The Morgan fingerprint density at radius 1 is 1.04 bits per heavy atom. The molecule has 1 aliphatic rings. The highest BCUT2D eigenvalue weighted by molar-refractivity contribution is 7.86. The highest BCUT2D eigenvalue weighted by Crippen LogP contribution is 2.27. The van der Waals surface area contributed by atoms with Crippen LogP contribution in [0.1, 0.15) is 30.4 Å². The van der Waals surface area contributed by atoms with E-state index in [1.807, 2.05) is 24.3 Å². The fourth-order valence-electron chi connectivity index (χ4n) is 2.89. The molecule has 0 atom stereocenters. The van der Waals surface area contributed by atoms with Crippen LogP contribution in [0.5, 0.6) is 0 Å². The molecule has 2 aromatic rings. The number of hydrogen-bond donors (Lipinski definition) is 2. The summed E-state index contributed by atoms with van der Waals surface area (Å²) in [6.45, 7) is 0.295. The summed E-state index contributed by atoms with van der Waals surface area (Å²) in [5.41, 5.74) is 2.12. The van der Waals surface area contributed by atoms with Gasteiger partial charge in [-0.05, 0) is 48.2 Å². The van der Waals surface area contributed by atoms with Crippen molar-refractivity contribution in [1.29, 1.82) is 0 Å². The van der Waals surface area contributed by atoms with Gasteiger partial charge in [0, 0.05) is 18.2 Å². The summed E-state index contributed by atoms with van der Waals surface area (Å²) in [6.07, 6.45) is 3.00. The molecule has 0 spiro atoms. The largest absolute Gasteiger partial charge is 0.352 e. The summed E-state index contributed by atoms with van der Waals surface area (Å²) in [4.78, 5) is 23.7. The van der Waals surface area contributed by atoms with Gasteiger partial charge in [0.15, 0.2) is 0 Å². The highest BCUT2D eigenvalue weighted by atomic mass is 32.3. The molecule has 1 saturated carbocycles. The summed E-state index contributed by atoms with van der Waals surface area (Å²) in [5.74, 6) is -0.118. The minimum absolute atomic E-state index is 0.0335. The molecule has 2 aromatic carbocycles. The molecule has 0 saturated heterocycles. The van der Waals surface area contributed by atoms with E-state index < -0.39 is 15.1 Å². The number of anilines is 1. The van der Waals surface area contributed by atoms with Crippen LogP contribution >= 0.6 is 0 Å². The van der Waals surface area contributed by atoms with Crippen molar-refractivity contribution < 1.29 is 21.9 Å². The second-order valence-corrected chi connectivity index (χ2v) is 8.20. The minimum Gasteiger partial charge on any atom is -0.352 e. The Morgan fingerprint density at radius 3 is 2.36 bits per heavy atom. The number of nitrogens with one attached hydrogen (secondary N) is 2. The van der Waals surface area contributed by atoms with Crippen molar-refractivity contribution in [2.75, 3.05) is 5.32 Å². The monoisotopic (exact) mass is 404 g/mol. The maximum atomic E-state index is 12.9. The lowest BCUT2D eigenvalue weighted by atomic mass is 9.85. The molecule has 148 valence electrons. The first-order valence-electron chi connectivity index (χ1n) is 9.01. The van der Waals surface area contributed by atoms with E-state index in [-0.39, 0.29) is 24.2 Å². The SMILES string of the molecule is O=C(Cc1ccc(S(=O)(=O)F)cc1)NCc1cccc(NC(=O)C2CCC2)c1. The third-order valence-electron chi connectivity index (χ3n) is 4.73. The molecule has 0 bridgehead atoms. The summed E-state index contributed by atoms with van der Waals surface area (Å²) < 4.78 is 34.5. The van der Waals surface area contributed by atoms with Crippen LogP contribution in [-0.2, 0) is 32.8 Å². The average molecular weight is 404 g/mol. The second kappa shape index (κ2) is 8.52. The van der Waals surface area contributed by atoms with Crippen molar-refractivity contribution in [3.8, 4) is 0 Å². The lowest BCUT2D eigenvalue weighted by Gasteiger charge is -2.24. The van der Waals surface area contributed by atoms with Crippen molar-refractivity contribution >= 4 is 27.7 Å². The Hall–Kier alpha value is -2.74. The Balaban J connectivity index is 1.51. The van der Waals surface area contributed by atoms with Gasteiger partial charge < -0.3 is 10.6 Å². The van der Waals surface area contributed by atoms with E-state index in [0.29, 0.717) is 17.8 Å². The number of carbonyl (C=O) groups excluding carboxylic acids is 2. The summed E-state index contributed by atoms with van der Waals surface area (Å²) in [5, 5.41) is 5.67. The minimum atomic E-state index is -4.74. The molecule has 0 unspecified atom stereocenters. The highest BCUT2D eigenvalue weighted by Gasteiger charge is 2.25. The van der Waals surface area contributed by atoms with E-state index in [0.717, 1.165) is 37.0 Å². The molecule has 0 radical (unpaired) electrons. The first-order valence-corrected chi connectivity index (χ1v) is 10.4. The number of halogens is 1. The molecule has 6 nitrogen and oxygen atoms in total. The van der Waals surface area contributed by atoms with Gasteiger partial charge in [0.1, 0.15) is 0 Å². The zero-order valence-electron chi connectivity index (χ0n) is 15.2. The number of amides is 2. The first kappa shape index (κ1) is 20.0. The fraction of sp³-hybridized carbons (Fsp3) is 0.300. The zero-order valence-corrected chi connectivity index (χ0v) is 16.0. The van der Waals surface area contributed by atoms with E-state index >= 15 is 0 Å². The lowest BCUT2D eigenvalue weighted by molar-refractivity contribution is -0.122. The summed E-state index contributed by atoms with van der Waals surface area (Å²) in [6, 6.07) is 12.4. The van der Waals surface area contributed by atoms with E-state index in [9.17, 15) is 21.9 Å². The fourth-order valence-corrected chi connectivity index (χ4v) is 3.35. The molecule has 2 amide bonds. The van der Waals surface area contributed by atoms with Gasteiger partial charge in [0.05, 0.1) is 11.3 Å². The third kappa shape index (κ3) is 5.39. The van der Waals surface area contributed by atoms with Crippen LogP contribution in [0.25, 0.3) is 0 Å². The molecule has 0 heterocycles. The van der Waals surface area contributed by atoms with Gasteiger partial charge >= 0.3 is 10.2 Å². The smallest absolute Gasteiger partial charge is 0.332 e. The molecule has 2 N–H and O–H groups in total. The van der Waals surface area contributed by atoms with Gasteiger partial charge in [-0.3, -0.25) is 9.59 Å². The van der Waals surface area contributed by atoms with Crippen LogP contribution in [0.15, 0.2) is 53.4 Å². The molecule has 28 heavy (non-hydrogen) atoms. The number of benzene rings is 2. The van der Waals surface area contributed by atoms with Crippen molar-refractivity contribution in [3.63, 3.8) is 0 Å². The van der Waals surface area contributed by atoms with E-state index in [1.165, 1.54) is 12.1 Å². The van der Waals surface area contributed by atoms with Crippen LogP contribution in [-0.4, -0.2) is 20.2 Å². The van der Waals surface area contributed by atoms with Gasteiger partial charge in [0.2, 0.25) is 11.8 Å². The van der Waals surface area contributed by atoms with E-state index in [2.05, 4.69) is 10.6 Å². The Kier molecular flexibility index (Phi) is 6.08. The normalized spacial score (nSPS) is 14.2. The van der Waals surface area contributed by atoms with Crippen molar-refractivity contribution in [1.82, 2.24) is 5.32 Å². The van der Waals surface area contributed by atoms with Crippen LogP contribution in [0.4, 0.5) is 9.57 Å². The Morgan fingerprint density at radius 2 is 1.75 bits per heavy atom. The third-order valence-corrected chi connectivity index (χ3v) is 5.56. The van der Waals surface area contributed by atoms with Crippen LogP contribution in [0.3, 0.4) is 0 Å². The van der Waals surface area contributed by atoms with Crippen LogP contribution < -0.4 is 10.6 Å². The van der Waals surface area contributed by atoms with Crippen LogP contribution in [0, 0.1) is 5.92 Å². The lowest BCUT2D eigenvalue weighted by Crippen LogP contribution is -2.28. The van der Waals surface area contributed by atoms with E-state index in [4.69, 9.17) is 0 Å². The van der Waals surface area contributed by atoms with Gasteiger partial charge in [-0.15, -0.1) is 3.89 Å². The molecular weight excluding hydrogens is 383 g/mol. The average Bonchev–Trinajstić information content (AvgIpc) is 2.58. The first-order chi connectivity index (χ1) is 13.3. The van der Waals surface area contributed by atoms with Gasteiger partial charge in [-0.1, -0.05) is 30.7 Å². The number of rotatable bonds is 7. The molecule has 0 aliphatic heterocycles. The zero-order chi connectivity index (χ0) is 20.1. The van der Waals surface area contributed by atoms with Gasteiger partial charge in [0.25, 0.3) is 0 Å². The number of hydrogen-bond acceptors (Lipinski definition) is 4. The van der Waals surface area contributed by atoms with Crippen molar-refractivity contribution in [3.05, 3.63) is 59.7 Å². The van der Waals surface area contributed by atoms with Crippen LogP contribution in [0.2, 0.25) is 0 Å². The van der Waals surface area contributed by atoms with E-state index in [1.54, 1.807) is 0 Å². The van der Waals surface area contributed by atoms with Gasteiger partial charge in [-0.2, -0.15) is 8.42 Å². The molecule has 8 heteroatoms. The summed E-state index contributed by atoms with van der Waals surface area (Å²) in [7, 11) is -4.74. The predicted molar refractivity (Wildman–Crippen MR) is 103 cm³/mol. The molecule has 3 rings (SSSR count). The Labute approximate surface area is 163 Å². The topological polar surface area (TPSA) is 92.3 Å². The quantitative estimate of drug-likeness (QED) is 0.694. The molecule has 1 aliphatic carbocycles. The van der Waals surface area contributed by atoms with Crippen molar-refractivity contribution in [2.24, 2.45) is 5.92 Å². The maximum absolute atomic E-state index is 12.9. The molecular formula is C20H21FN2O4S. The predicted octanol–water partition coefficient (Wildman–Crippen LogP) is 2.94. The molecule has 0 aromatic heterocycles. The van der Waals surface area contributed by atoms with Crippen molar-refractivity contribution in [2.45, 2.75) is 37.1 Å². The maximum Gasteiger partial charge on any atom is 0.332 e. The standard InChI is InChI=1S/C20H21FN2O4S/c21-28(26,27)18-9-7-14(8-10-18)12-19(24)22-13-15-3-1-6-17(11-15)23-20(25)16-4-2-5-16/h1,3,6-11,16H,2,4-5,12-13H2,(H,22,24)(H,23,25). The Bertz CT molecular complexity index is 970. The summed E-state index contributed by atoms with van der Waals surface area (Å²) >= 11 is 0. The number of carbonyl (C=O) groups is 2. The second-order valence-electron chi connectivity index (χ2n) is 6.85.